The number of nitrogens with zero attached hydrogens (tertiary/aromatic N) is 2. The number of thiazole rings is 1. The van der Waals surface area contributed by atoms with Gasteiger partial charge < -0.3 is 0 Å². The average Bonchev–Trinajstić information content (AvgIpc) is 2.32. The smallest absolute Gasteiger partial charge is 0.0795 e. The molecule has 0 aliphatic carbocycles. The van der Waals surface area contributed by atoms with E-state index >= 15 is 0 Å². The minimum Gasteiger partial charge on any atom is -0.295 e. The first-order valence-corrected chi connectivity index (χ1v) is 4.94. The summed E-state index contributed by atoms with van der Waals surface area (Å²) in [4.78, 5) is 6.75. The lowest BCUT2D eigenvalue weighted by atomic mass is 10.1. The van der Waals surface area contributed by atoms with Crippen molar-refractivity contribution in [1.29, 1.82) is 0 Å². The molecule has 2 nitrogen and oxygen atoms in total. The van der Waals surface area contributed by atoms with Crippen molar-refractivity contribution in [3.63, 3.8) is 0 Å². The maximum absolute atomic E-state index is 4.30. The average molecular weight is 168 g/mol. The highest BCUT2D eigenvalue weighted by Crippen LogP contribution is 2.24. The summed E-state index contributed by atoms with van der Waals surface area (Å²) in [7, 11) is 0. The number of rotatable bonds is 2. The number of aromatic nitrogens is 1. The minimum atomic E-state index is 0.537. The zero-order valence-corrected chi connectivity index (χ0v) is 7.47. The van der Waals surface area contributed by atoms with Gasteiger partial charge >= 0.3 is 0 Å². The molecule has 1 unspecified atom stereocenters. The number of hydrogen-bond acceptors (Lipinski definition) is 3. The van der Waals surface area contributed by atoms with Crippen LogP contribution in [0.15, 0.2) is 10.9 Å². The molecule has 2 rings (SSSR count). The fraction of sp³-hybridized carbons (Fsp3) is 0.625. The molecule has 0 spiro atoms. The van der Waals surface area contributed by atoms with Crippen LogP contribution in [0.4, 0.5) is 0 Å². The summed E-state index contributed by atoms with van der Waals surface area (Å²) < 4.78 is 0. The highest BCUT2D eigenvalue weighted by atomic mass is 32.1. The van der Waals surface area contributed by atoms with Crippen LogP contribution in [0.2, 0.25) is 0 Å². The van der Waals surface area contributed by atoms with E-state index < -0.39 is 0 Å². The van der Waals surface area contributed by atoms with Crippen molar-refractivity contribution >= 4 is 11.3 Å². The van der Waals surface area contributed by atoms with Crippen molar-refractivity contribution in [2.24, 2.45) is 0 Å². The van der Waals surface area contributed by atoms with Crippen molar-refractivity contribution < 1.29 is 0 Å². The SMILES string of the molecule is CC(c1cscn1)N1CCC1. The molecule has 0 bridgehead atoms. The summed E-state index contributed by atoms with van der Waals surface area (Å²) >= 11 is 1.68. The second kappa shape index (κ2) is 2.91. The Hall–Kier alpha value is -0.410. The van der Waals surface area contributed by atoms with Crippen LogP contribution in [0.1, 0.15) is 25.1 Å². The first-order chi connectivity index (χ1) is 5.38. The van der Waals surface area contributed by atoms with Gasteiger partial charge in [-0.15, -0.1) is 11.3 Å². The molecule has 0 amide bonds. The van der Waals surface area contributed by atoms with Crippen molar-refractivity contribution in [1.82, 2.24) is 9.88 Å². The predicted molar refractivity (Wildman–Crippen MR) is 46.7 cm³/mol. The molecule has 1 saturated heterocycles. The minimum absolute atomic E-state index is 0.537. The van der Waals surface area contributed by atoms with Gasteiger partial charge in [-0.05, 0) is 13.3 Å². The Morgan fingerprint density at radius 2 is 2.45 bits per heavy atom. The van der Waals surface area contributed by atoms with Gasteiger partial charge in [0.25, 0.3) is 0 Å². The molecule has 1 aromatic rings. The fourth-order valence-electron chi connectivity index (χ4n) is 1.34. The van der Waals surface area contributed by atoms with E-state index in [0.717, 1.165) is 0 Å². The molecule has 0 N–H and O–H groups in total. The molecule has 60 valence electrons. The third kappa shape index (κ3) is 1.30. The zero-order valence-electron chi connectivity index (χ0n) is 6.66. The van der Waals surface area contributed by atoms with Crippen molar-refractivity contribution in [3.05, 3.63) is 16.6 Å². The maximum Gasteiger partial charge on any atom is 0.0795 e. The topological polar surface area (TPSA) is 16.1 Å². The zero-order chi connectivity index (χ0) is 7.68. The third-order valence-corrected chi connectivity index (χ3v) is 2.92. The molecule has 1 fully saturated rings. The summed E-state index contributed by atoms with van der Waals surface area (Å²) in [5.74, 6) is 0. The van der Waals surface area contributed by atoms with Crippen LogP contribution in [0.5, 0.6) is 0 Å². The first-order valence-electron chi connectivity index (χ1n) is 4.00. The summed E-state index contributed by atoms with van der Waals surface area (Å²) in [6.45, 7) is 4.73. The second-order valence-electron chi connectivity index (χ2n) is 2.98. The highest BCUT2D eigenvalue weighted by molar-refractivity contribution is 7.07. The van der Waals surface area contributed by atoms with Crippen molar-refractivity contribution in [2.45, 2.75) is 19.4 Å². The Labute approximate surface area is 70.9 Å². The molecule has 11 heavy (non-hydrogen) atoms. The van der Waals surface area contributed by atoms with Crippen molar-refractivity contribution in [2.75, 3.05) is 13.1 Å². The lowest BCUT2D eigenvalue weighted by Gasteiger charge is -2.35. The van der Waals surface area contributed by atoms with E-state index in [2.05, 4.69) is 22.2 Å². The standard InChI is InChI=1S/C8H12N2S/c1-7(10-3-2-4-10)8-5-11-6-9-8/h5-7H,2-4H2,1H3. The fourth-order valence-corrected chi connectivity index (χ4v) is 1.98. The highest BCUT2D eigenvalue weighted by Gasteiger charge is 2.22. The maximum atomic E-state index is 4.30. The molecule has 0 saturated carbocycles. The number of likely N-dealkylation sites (tertiary alicyclic amines) is 1. The summed E-state index contributed by atoms with van der Waals surface area (Å²) in [5, 5.41) is 2.14. The Kier molecular flexibility index (Phi) is 1.92. The van der Waals surface area contributed by atoms with E-state index in [1.54, 1.807) is 11.3 Å². The summed E-state index contributed by atoms with van der Waals surface area (Å²) in [6.07, 6.45) is 1.36. The molecular formula is C8H12N2S. The number of hydrogen-bond donors (Lipinski definition) is 0. The Balaban J connectivity index is 2.04. The lowest BCUT2D eigenvalue weighted by Crippen LogP contribution is -2.39. The van der Waals surface area contributed by atoms with Gasteiger partial charge in [0.05, 0.1) is 17.2 Å². The molecule has 2 heterocycles. The summed E-state index contributed by atoms with van der Waals surface area (Å²) in [5.41, 5.74) is 3.14. The monoisotopic (exact) mass is 168 g/mol. The first kappa shape index (κ1) is 7.25. The van der Waals surface area contributed by atoms with Crippen LogP contribution in [0.25, 0.3) is 0 Å². The van der Waals surface area contributed by atoms with Gasteiger partial charge in [-0.3, -0.25) is 4.90 Å². The Bertz CT molecular complexity index is 216. The van der Waals surface area contributed by atoms with Gasteiger partial charge in [0.15, 0.2) is 0 Å². The van der Waals surface area contributed by atoms with Gasteiger partial charge in [-0.2, -0.15) is 0 Å². The van der Waals surface area contributed by atoms with Crippen LogP contribution in [-0.2, 0) is 0 Å². The van der Waals surface area contributed by atoms with Gasteiger partial charge in [0, 0.05) is 18.5 Å². The Morgan fingerprint density at radius 3 is 2.91 bits per heavy atom. The molecule has 3 heteroatoms. The molecule has 1 atom stereocenters. The molecule has 1 aromatic heterocycles. The van der Waals surface area contributed by atoms with E-state index in [4.69, 9.17) is 0 Å². The van der Waals surface area contributed by atoms with E-state index in [1.165, 1.54) is 25.2 Å². The largest absolute Gasteiger partial charge is 0.295 e. The van der Waals surface area contributed by atoms with Gasteiger partial charge in [-0.1, -0.05) is 0 Å². The van der Waals surface area contributed by atoms with Crippen LogP contribution < -0.4 is 0 Å². The third-order valence-electron chi connectivity index (χ3n) is 2.32. The molecule has 0 radical (unpaired) electrons. The van der Waals surface area contributed by atoms with E-state index in [9.17, 15) is 0 Å². The molecular weight excluding hydrogens is 156 g/mol. The molecule has 1 aliphatic rings. The van der Waals surface area contributed by atoms with Crippen LogP contribution in [0, 0.1) is 0 Å². The predicted octanol–water partition coefficient (Wildman–Crippen LogP) is 1.91. The normalized spacial score (nSPS) is 21.2. The van der Waals surface area contributed by atoms with Crippen LogP contribution in [-0.4, -0.2) is 23.0 Å². The Morgan fingerprint density at radius 1 is 1.64 bits per heavy atom. The molecule has 1 aliphatic heterocycles. The van der Waals surface area contributed by atoms with Gasteiger partial charge in [0.2, 0.25) is 0 Å². The van der Waals surface area contributed by atoms with E-state index in [-0.39, 0.29) is 0 Å². The second-order valence-corrected chi connectivity index (χ2v) is 3.70. The van der Waals surface area contributed by atoms with Gasteiger partial charge in [-0.25, -0.2) is 4.98 Å². The van der Waals surface area contributed by atoms with Crippen LogP contribution >= 0.6 is 11.3 Å². The molecule has 0 aromatic carbocycles. The lowest BCUT2D eigenvalue weighted by molar-refractivity contribution is 0.126. The van der Waals surface area contributed by atoms with Crippen molar-refractivity contribution in [3.8, 4) is 0 Å². The van der Waals surface area contributed by atoms with E-state index in [0.29, 0.717) is 6.04 Å². The van der Waals surface area contributed by atoms with Gasteiger partial charge in [0.1, 0.15) is 0 Å². The van der Waals surface area contributed by atoms with Crippen LogP contribution in [0.3, 0.4) is 0 Å². The quantitative estimate of drug-likeness (QED) is 0.670. The summed E-state index contributed by atoms with van der Waals surface area (Å²) in [6, 6.07) is 0.537. The van der Waals surface area contributed by atoms with E-state index in [1.807, 2.05) is 5.51 Å².